The molecule has 2 aromatic heterocycles. The third-order valence-corrected chi connectivity index (χ3v) is 5.28. The van der Waals surface area contributed by atoms with Crippen molar-refractivity contribution in [2.24, 2.45) is 0 Å². The Bertz CT molecular complexity index is 1130. The molecule has 0 aliphatic heterocycles. The molecule has 1 amide bonds. The molecule has 1 unspecified atom stereocenters. The quantitative estimate of drug-likeness (QED) is 0.684. The zero-order valence-corrected chi connectivity index (χ0v) is 16.0. The number of carbonyl (C=O) groups excluding carboxylic acids is 1. The lowest BCUT2D eigenvalue weighted by Gasteiger charge is -2.21. The second-order valence-corrected chi connectivity index (χ2v) is 7.23. The van der Waals surface area contributed by atoms with Gasteiger partial charge in [0.15, 0.2) is 0 Å². The topological polar surface area (TPSA) is 92.2 Å². The van der Waals surface area contributed by atoms with Gasteiger partial charge < -0.3 is 5.32 Å². The first-order valence-corrected chi connectivity index (χ1v) is 9.58. The third-order valence-electron chi connectivity index (χ3n) is 5.28. The summed E-state index contributed by atoms with van der Waals surface area (Å²) in [6, 6.07) is 7.42. The number of H-pyrrole nitrogens is 1. The van der Waals surface area contributed by atoms with Gasteiger partial charge in [0, 0.05) is 17.2 Å². The average Bonchev–Trinajstić information content (AvgIpc) is 3.06. The van der Waals surface area contributed by atoms with Crippen LogP contribution in [0.2, 0.25) is 0 Å². The molecule has 28 heavy (non-hydrogen) atoms. The van der Waals surface area contributed by atoms with Gasteiger partial charge in [0.05, 0.1) is 11.9 Å². The van der Waals surface area contributed by atoms with Crippen LogP contribution in [-0.4, -0.2) is 31.8 Å². The van der Waals surface area contributed by atoms with E-state index in [1.807, 2.05) is 32.0 Å². The number of aryl methyl sites for hydroxylation is 1. The molecular weight excluding hydrogens is 354 g/mol. The summed E-state index contributed by atoms with van der Waals surface area (Å²) in [5.74, 6) is -0.106. The number of benzene rings is 1. The first-order valence-electron chi connectivity index (χ1n) is 9.58. The van der Waals surface area contributed by atoms with Crippen molar-refractivity contribution in [2.45, 2.75) is 45.6 Å². The monoisotopic (exact) mass is 377 g/mol. The van der Waals surface area contributed by atoms with E-state index < -0.39 is 5.69 Å². The normalized spacial score (nSPS) is 15.3. The number of allylic oxidation sites excluding steroid dienone is 1. The van der Waals surface area contributed by atoms with E-state index in [4.69, 9.17) is 0 Å². The Kier molecular flexibility index (Phi) is 4.81. The number of rotatable bonds is 4. The maximum atomic E-state index is 12.8. The van der Waals surface area contributed by atoms with Crippen LogP contribution in [0.1, 0.15) is 48.7 Å². The molecule has 0 saturated carbocycles. The molecule has 0 bridgehead atoms. The van der Waals surface area contributed by atoms with Crippen LogP contribution in [0.5, 0.6) is 0 Å². The molecule has 1 atom stereocenters. The number of carbonyl (C=O) groups is 1. The van der Waals surface area contributed by atoms with Crippen molar-refractivity contribution in [1.29, 1.82) is 0 Å². The van der Waals surface area contributed by atoms with E-state index >= 15 is 0 Å². The molecular formula is C21H23N5O2. The highest BCUT2D eigenvalue weighted by Gasteiger charge is 2.18. The summed E-state index contributed by atoms with van der Waals surface area (Å²) in [6.45, 7) is 3.87. The lowest BCUT2D eigenvalue weighted by atomic mass is 9.94. The predicted octanol–water partition coefficient (Wildman–Crippen LogP) is 3.01. The zero-order valence-electron chi connectivity index (χ0n) is 16.0. The molecule has 2 heterocycles. The van der Waals surface area contributed by atoms with Gasteiger partial charge in [0.1, 0.15) is 5.52 Å². The minimum absolute atomic E-state index is 0.0259. The second-order valence-electron chi connectivity index (χ2n) is 7.23. The molecule has 144 valence electrons. The Morgan fingerprint density at radius 3 is 2.96 bits per heavy atom. The highest BCUT2D eigenvalue weighted by molar-refractivity contribution is 5.96. The van der Waals surface area contributed by atoms with Crippen molar-refractivity contribution in [3.05, 3.63) is 63.9 Å². The number of amides is 1. The van der Waals surface area contributed by atoms with Crippen LogP contribution < -0.4 is 11.0 Å². The van der Waals surface area contributed by atoms with Crippen LogP contribution in [0.3, 0.4) is 0 Å². The Morgan fingerprint density at radius 1 is 1.32 bits per heavy atom. The van der Waals surface area contributed by atoms with E-state index in [-0.39, 0.29) is 11.9 Å². The summed E-state index contributed by atoms with van der Waals surface area (Å²) in [6.07, 6.45) is 8.36. The van der Waals surface area contributed by atoms with Gasteiger partial charge in [-0.15, -0.1) is 0 Å². The maximum Gasteiger partial charge on any atom is 0.363 e. The van der Waals surface area contributed by atoms with E-state index in [2.05, 4.69) is 26.7 Å². The summed E-state index contributed by atoms with van der Waals surface area (Å²) >= 11 is 0. The van der Waals surface area contributed by atoms with E-state index in [1.165, 1.54) is 22.9 Å². The number of nitrogens with zero attached hydrogens (tertiary/aromatic N) is 3. The second kappa shape index (κ2) is 7.42. The largest absolute Gasteiger partial charge is 0.363 e. The number of hydrogen-bond acceptors (Lipinski definition) is 4. The molecule has 1 aliphatic carbocycles. The Morgan fingerprint density at radius 2 is 2.18 bits per heavy atom. The van der Waals surface area contributed by atoms with Gasteiger partial charge in [-0.05, 0) is 57.2 Å². The Labute approximate surface area is 162 Å². The van der Waals surface area contributed by atoms with Crippen molar-refractivity contribution in [2.75, 3.05) is 0 Å². The van der Waals surface area contributed by atoms with Crippen LogP contribution >= 0.6 is 0 Å². The van der Waals surface area contributed by atoms with E-state index in [0.29, 0.717) is 16.8 Å². The summed E-state index contributed by atoms with van der Waals surface area (Å²) in [5, 5.41) is 13.7. The van der Waals surface area contributed by atoms with Gasteiger partial charge in [0.25, 0.3) is 5.91 Å². The third kappa shape index (κ3) is 3.35. The van der Waals surface area contributed by atoms with Crippen molar-refractivity contribution in [3.63, 3.8) is 0 Å². The number of aromatic amines is 1. The van der Waals surface area contributed by atoms with Crippen LogP contribution in [0.15, 0.2) is 46.9 Å². The minimum Gasteiger partial charge on any atom is -0.346 e. The molecule has 0 fully saturated rings. The number of hydrogen-bond donors (Lipinski definition) is 2. The van der Waals surface area contributed by atoms with E-state index in [1.54, 1.807) is 12.3 Å². The lowest BCUT2D eigenvalue weighted by molar-refractivity contribution is 0.0944. The summed E-state index contributed by atoms with van der Waals surface area (Å²) in [5.41, 5.74) is 4.44. The fourth-order valence-electron chi connectivity index (χ4n) is 3.82. The van der Waals surface area contributed by atoms with E-state index in [9.17, 15) is 9.59 Å². The number of nitrogens with one attached hydrogen (secondary N) is 2. The predicted molar refractivity (Wildman–Crippen MR) is 107 cm³/mol. The summed E-state index contributed by atoms with van der Waals surface area (Å²) in [4.78, 5) is 24.7. The Hall–Kier alpha value is -3.22. The summed E-state index contributed by atoms with van der Waals surface area (Å²) in [7, 11) is 0. The van der Waals surface area contributed by atoms with Crippen molar-refractivity contribution in [1.82, 2.24) is 25.1 Å². The molecule has 2 N–H and O–H groups in total. The molecule has 3 aromatic rings. The van der Waals surface area contributed by atoms with Crippen LogP contribution in [0.25, 0.3) is 16.6 Å². The van der Waals surface area contributed by atoms with Gasteiger partial charge in [-0.2, -0.15) is 14.7 Å². The van der Waals surface area contributed by atoms with Crippen molar-refractivity contribution < 1.29 is 4.79 Å². The van der Waals surface area contributed by atoms with Crippen molar-refractivity contribution in [3.8, 4) is 11.1 Å². The zero-order chi connectivity index (χ0) is 19.7. The van der Waals surface area contributed by atoms with Gasteiger partial charge in [-0.1, -0.05) is 23.8 Å². The maximum absolute atomic E-state index is 12.8. The summed E-state index contributed by atoms with van der Waals surface area (Å²) < 4.78 is 1.29. The molecule has 4 rings (SSSR count). The minimum atomic E-state index is -0.393. The molecule has 7 heteroatoms. The fraction of sp³-hybridized carbons (Fsp3) is 0.333. The highest BCUT2D eigenvalue weighted by atomic mass is 16.2. The molecule has 0 saturated heterocycles. The highest BCUT2D eigenvalue weighted by Crippen LogP contribution is 2.28. The lowest BCUT2D eigenvalue weighted by Crippen LogP contribution is -2.34. The first-order chi connectivity index (χ1) is 13.5. The van der Waals surface area contributed by atoms with E-state index in [0.717, 1.165) is 24.0 Å². The molecule has 7 nitrogen and oxygen atoms in total. The first kappa shape index (κ1) is 18.2. The van der Waals surface area contributed by atoms with Gasteiger partial charge in [-0.25, -0.2) is 9.89 Å². The van der Waals surface area contributed by atoms with Crippen LogP contribution in [0.4, 0.5) is 0 Å². The SMILES string of the molecule is Cc1nn2c(=O)[nH]ncc2c1-c1cccc(C(=O)NC(C)C2=CCCCC2)c1. The Balaban J connectivity index is 1.64. The molecule has 1 aromatic carbocycles. The number of aromatic nitrogens is 4. The molecule has 0 radical (unpaired) electrons. The van der Waals surface area contributed by atoms with Crippen LogP contribution in [-0.2, 0) is 0 Å². The fourth-order valence-corrected chi connectivity index (χ4v) is 3.82. The molecule has 0 spiro atoms. The smallest absolute Gasteiger partial charge is 0.346 e. The van der Waals surface area contributed by atoms with Gasteiger partial charge in [0.2, 0.25) is 0 Å². The van der Waals surface area contributed by atoms with Crippen molar-refractivity contribution >= 4 is 11.4 Å². The van der Waals surface area contributed by atoms with Gasteiger partial charge >= 0.3 is 5.69 Å². The number of fused-ring (bicyclic) bond motifs is 1. The average molecular weight is 377 g/mol. The molecule has 1 aliphatic rings. The standard InChI is InChI=1S/C21H23N5O2/c1-13(15-7-4-3-5-8-15)23-20(27)17-10-6-9-16(11-17)19-14(2)25-26-18(19)12-22-24-21(26)28/h6-7,9-13H,3-5,8H2,1-2H3,(H,23,27)(H,24,28). The van der Waals surface area contributed by atoms with Crippen LogP contribution in [0, 0.1) is 6.92 Å². The van der Waals surface area contributed by atoms with Gasteiger partial charge in [-0.3, -0.25) is 4.79 Å².